The first-order valence-corrected chi connectivity index (χ1v) is 9.67. The molecule has 0 radical (unpaired) electrons. The van der Waals surface area contributed by atoms with Crippen molar-refractivity contribution in [2.24, 2.45) is 7.05 Å². The van der Waals surface area contributed by atoms with E-state index in [0.717, 1.165) is 38.9 Å². The number of piperidine rings is 1. The van der Waals surface area contributed by atoms with E-state index in [1.54, 1.807) is 12.5 Å². The number of hydrogen-bond acceptors (Lipinski definition) is 3. The van der Waals surface area contributed by atoms with E-state index in [0.29, 0.717) is 5.69 Å². The summed E-state index contributed by atoms with van der Waals surface area (Å²) < 4.78 is 1.82. The average molecular weight is 363 g/mol. The maximum atomic E-state index is 12.8. The third-order valence-corrected chi connectivity index (χ3v) is 6.51. The van der Waals surface area contributed by atoms with Crippen molar-refractivity contribution in [1.82, 2.24) is 24.3 Å². The summed E-state index contributed by atoms with van der Waals surface area (Å²) in [4.78, 5) is 25.2. The first-order chi connectivity index (χ1) is 13.1. The zero-order chi connectivity index (χ0) is 18.6. The minimum atomic E-state index is -0.00645. The Balaban J connectivity index is 1.46. The fourth-order valence-corrected chi connectivity index (χ4v) is 4.94. The summed E-state index contributed by atoms with van der Waals surface area (Å²) in [5, 5.41) is 1.35. The number of rotatable bonds is 1. The number of aromatic amines is 1. The first-order valence-electron chi connectivity index (χ1n) is 9.67. The number of H-pyrrole nitrogens is 1. The number of fused-ring (bicyclic) bond motifs is 4. The van der Waals surface area contributed by atoms with Crippen LogP contribution in [0.25, 0.3) is 10.9 Å². The normalized spacial score (nSPS) is 19.6. The fourth-order valence-electron chi connectivity index (χ4n) is 4.94. The van der Waals surface area contributed by atoms with Crippen molar-refractivity contribution in [3.05, 3.63) is 53.7 Å². The lowest BCUT2D eigenvalue weighted by molar-refractivity contribution is 0.0229. The van der Waals surface area contributed by atoms with Crippen LogP contribution in [0, 0.1) is 0 Å². The predicted molar refractivity (Wildman–Crippen MR) is 105 cm³/mol. The number of carbonyl (C=O) groups is 1. The summed E-state index contributed by atoms with van der Waals surface area (Å²) in [6.45, 7) is 2.58. The summed E-state index contributed by atoms with van der Waals surface area (Å²) in [7, 11) is 4.12. The number of amides is 1. The molecule has 1 fully saturated rings. The number of likely N-dealkylation sites (N-methyl/N-ethyl adjacent to an activating group) is 1. The molecule has 3 aromatic rings. The lowest BCUT2D eigenvalue weighted by Gasteiger charge is -2.49. The smallest absolute Gasteiger partial charge is 0.274 e. The molecule has 2 aromatic heterocycles. The molecule has 1 spiro atoms. The van der Waals surface area contributed by atoms with Gasteiger partial charge in [-0.05, 0) is 37.9 Å². The van der Waals surface area contributed by atoms with Crippen LogP contribution >= 0.6 is 0 Å². The van der Waals surface area contributed by atoms with Crippen LogP contribution in [0.5, 0.6) is 0 Å². The van der Waals surface area contributed by atoms with Gasteiger partial charge < -0.3 is 14.5 Å². The van der Waals surface area contributed by atoms with Crippen LogP contribution in [0.3, 0.4) is 0 Å². The quantitative estimate of drug-likeness (QED) is 0.723. The Morgan fingerprint density at radius 3 is 2.67 bits per heavy atom. The van der Waals surface area contributed by atoms with Gasteiger partial charge in [0.25, 0.3) is 5.91 Å². The third-order valence-electron chi connectivity index (χ3n) is 6.51. The molecule has 140 valence electrons. The molecule has 2 aliphatic rings. The van der Waals surface area contributed by atoms with E-state index in [1.807, 2.05) is 16.5 Å². The highest BCUT2D eigenvalue weighted by atomic mass is 16.2. The molecule has 1 N–H and O–H groups in total. The molecule has 0 aliphatic carbocycles. The fraction of sp³-hybridized carbons (Fsp3) is 0.429. The Labute approximate surface area is 158 Å². The molecule has 1 saturated heterocycles. The molecule has 0 bridgehead atoms. The van der Waals surface area contributed by atoms with Gasteiger partial charge in [0.2, 0.25) is 0 Å². The van der Waals surface area contributed by atoms with Gasteiger partial charge >= 0.3 is 0 Å². The molecule has 2 aliphatic heterocycles. The van der Waals surface area contributed by atoms with Gasteiger partial charge in [-0.1, -0.05) is 18.2 Å². The van der Waals surface area contributed by atoms with Crippen molar-refractivity contribution in [3.8, 4) is 0 Å². The average Bonchev–Trinajstić information content (AvgIpc) is 3.29. The number of aryl methyl sites for hydroxylation is 1. The molecule has 0 atom stereocenters. The number of benzene rings is 1. The van der Waals surface area contributed by atoms with E-state index in [4.69, 9.17) is 0 Å². The van der Waals surface area contributed by atoms with Crippen molar-refractivity contribution in [2.75, 3.05) is 26.7 Å². The molecule has 0 unspecified atom stereocenters. The number of carbonyl (C=O) groups excluding carboxylic acids is 1. The Hall–Kier alpha value is -2.60. The molecule has 0 saturated carbocycles. The van der Waals surface area contributed by atoms with E-state index in [-0.39, 0.29) is 11.4 Å². The number of nitrogens with one attached hydrogen (secondary N) is 1. The number of aromatic nitrogens is 3. The molecule has 27 heavy (non-hydrogen) atoms. The highest BCUT2D eigenvalue weighted by Gasteiger charge is 2.45. The minimum Gasteiger partial charge on any atom is -0.357 e. The summed E-state index contributed by atoms with van der Waals surface area (Å²) in [6, 6.07) is 8.61. The standard InChI is InChI=1S/C21H25N5O/c1-24-13-18(22-14-24)20(27)26-11-8-21(9-12-26)19-16(7-10-25(21)2)15-5-3-4-6-17(15)23-19/h3-6,13-14,23H,7-12H2,1-2H3. The maximum absolute atomic E-state index is 12.8. The van der Waals surface area contributed by atoms with Gasteiger partial charge in [-0.3, -0.25) is 9.69 Å². The predicted octanol–water partition coefficient (Wildman–Crippen LogP) is 2.52. The number of para-hydroxylation sites is 1. The number of hydrogen-bond donors (Lipinski definition) is 1. The van der Waals surface area contributed by atoms with Gasteiger partial charge in [0.05, 0.1) is 11.9 Å². The second-order valence-corrected chi connectivity index (χ2v) is 7.94. The first kappa shape index (κ1) is 16.6. The molecule has 6 heteroatoms. The number of imidazole rings is 1. The van der Waals surface area contributed by atoms with Gasteiger partial charge in [-0.25, -0.2) is 4.98 Å². The highest BCUT2D eigenvalue weighted by molar-refractivity contribution is 5.92. The van der Waals surface area contributed by atoms with Gasteiger partial charge in [0.15, 0.2) is 0 Å². The molecule has 5 rings (SSSR count). The SMILES string of the molecule is CN1CCc2c([nH]c3ccccc23)C12CCN(C(=O)c1cn(C)cn1)CC2. The van der Waals surface area contributed by atoms with Crippen molar-refractivity contribution >= 4 is 16.8 Å². The second-order valence-electron chi connectivity index (χ2n) is 7.94. The Morgan fingerprint density at radius 2 is 1.93 bits per heavy atom. The monoisotopic (exact) mass is 363 g/mol. The number of nitrogens with zero attached hydrogens (tertiary/aromatic N) is 4. The lowest BCUT2D eigenvalue weighted by Crippen LogP contribution is -2.55. The number of likely N-dealkylation sites (tertiary alicyclic amines) is 1. The van der Waals surface area contributed by atoms with E-state index < -0.39 is 0 Å². The van der Waals surface area contributed by atoms with Crippen molar-refractivity contribution in [1.29, 1.82) is 0 Å². The molecule has 1 amide bonds. The third kappa shape index (κ3) is 2.43. The molecular weight excluding hydrogens is 338 g/mol. The van der Waals surface area contributed by atoms with Crippen LogP contribution in [0.1, 0.15) is 34.6 Å². The van der Waals surface area contributed by atoms with E-state index >= 15 is 0 Å². The zero-order valence-electron chi connectivity index (χ0n) is 15.9. The Kier molecular flexibility index (Phi) is 3.65. The van der Waals surface area contributed by atoms with Crippen LogP contribution in [0.4, 0.5) is 0 Å². The summed E-state index contributed by atoms with van der Waals surface area (Å²) in [5.41, 5.74) is 4.59. The van der Waals surface area contributed by atoms with Gasteiger partial charge in [-0.15, -0.1) is 0 Å². The molecular formula is C21H25N5O. The topological polar surface area (TPSA) is 57.2 Å². The second kappa shape index (κ2) is 5.96. The highest BCUT2D eigenvalue weighted by Crippen LogP contribution is 2.44. The van der Waals surface area contributed by atoms with Crippen molar-refractivity contribution in [2.45, 2.75) is 24.8 Å². The lowest BCUT2D eigenvalue weighted by atomic mass is 9.78. The zero-order valence-corrected chi connectivity index (χ0v) is 15.9. The van der Waals surface area contributed by atoms with Crippen molar-refractivity contribution < 1.29 is 4.79 Å². The van der Waals surface area contributed by atoms with E-state index in [2.05, 4.69) is 46.2 Å². The van der Waals surface area contributed by atoms with Gasteiger partial charge in [0.1, 0.15) is 5.69 Å². The van der Waals surface area contributed by atoms with Gasteiger partial charge in [0, 0.05) is 49.5 Å². The molecule has 6 nitrogen and oxygen atoms in total. The largest absolute Gasteiger partial charge is 0.357 e. The minimum absolute atomic E-state index is 0.00645. The van der Waals surface area contributed by atoms with Crippen LogP contribution in [-0.2, 0) is 19.0 Å². The van der Waals surface area contributed by atoms with Crippen LogP contribution < -0.4 is 0 Å². The van der Waals surface area contributed by atoms with Gasteiger partial charge in [-0.2, -0.15) is 0 Å². The summed E-state index contributed by atoms with van der Waals surface area (Å²) in [5.74, 6) is 0.0424. The Morgan fingerprint density at radius 1 is 1.15 bits per heavy atom. The van der Waals surface area contributed by atoms with Crippen molar-refractivity contribution in [3.63, 3.8) is 0 Å². The summed E-state index contributed by atoms with van der Waals surface area (Å²) >= 11 is 0. The van der Waals surface area contributed by atoms with Crippen LogP contribution in [0.15, 0.2) is 36.8 Å². The van der Waals surface area contributed by atoms with Crippen LogP contribution in [0.2, 0.25) is 0 Å². The Bertz CT molecular complexity index is 1010. The van der Waals surface area contributed by atoms with Crippen LogP contribution in [-0.4, -0.2) is 56.9 Å². The molecule has 4 heterocycles. The maximum Gasteiger partial charge on any atom is 0.274 e. The van der Waals surface area contributed by atoms with E-state index in [1.165, 1.54) is 22.2 Å². The summed E-state index contributed by atoms with van der Waals surface area (Å²) in [6.07, 6.45) is 6.46. The van der Waals surface area contributed by atoms with E-state index in [9.17, 15) is 4.79 Å². The molecule has 1 aromatic carbocycles.